The van der Waals surface area contributed by atoms with Crippen molar-refractivity contribution in [2.24, 2.45) is 0 Å². The number of hydrogen-bond acceptors (Lipinski definition) is 6. The molecule has 0 aromatic rings. The molecule has 0 amide bonds. The van der Waals surface area contributed by atoms with Crippen molar-refractivity contribution in [1.82, 2.24) is 0 Å². The van der Waals surface area contributed by atoms with Gasteiger partial charge >= 0.3 is 5.97 Å². The van der Waals surface area contributed by atoms with Crippen molar-refractivity contribution in [3.8, 4) is 0 Å². The summed E-state index contributed by atoms with van der Waals surface area (Å²) in [6.07, 6.45) is -7.88. The van der Waals surface area contributed by atoms with Gasteiger partial charge in [0.05, 0.1) is 6.10 Å². The molecule has 0 aromatic carbocycles. The number of rotatable bonds is 3. The zero-order valence-corrected chi connectivity index (χ0v) is 8.98. The Kier molecular flexibility index (Phi) is 4.22. The Labute approximate surface area is 92.2 Å². The van der Waals surface area contributed by atoms with Crippen LogP contribution in [0, 0.1) is 0 Å². The van der Waals surface area contributed by atoms with Crippen molar-refractivity contribution in [3.05, 3.63) is 0 Å². The van der Waals surface area contributed by atoms with E-state index in [4.69, 9.17) is 14.9 Å². The normalized spacial score (nSPS) is 40.0. The summed E-state index contributed by atoms with van der Waals surface area (Å²) < 4.78 is 9.83. The summed E-state index contributed by atoms with van der Waals surface area (Å²) in [6.45, 7) is 3.31. The third kappa shape index (κ3) is 2.69. The maximum Gasteiger partial charge on any atom is 0.335 e. The van der Waals surface area contributed by atoms with E-state index in [0.29, 0.717) is 0 Å². The molecule has 16 heavy (non-hydrogen) atoms. The molecule has 0 aliphatic carbocycles. The Bertz CT molecular complexity index is 254. The van der Waals surface area contributed by atoms with E-state index < -0.39 is 36.7 Å². The number of aliphatic carboxylic acids is 1. The Hall–Kier alpha value is -0.730. The Morgan fingerprint density at radius 2 is 1.81 bits per heavy atom. The zero-order chi connectivity index (χ0) is 12.5. The molecule has 1 aliphatic heterocycles. The number of aliphatic hydroxyl groups excluding tert-OH is 3. The Balaban J connectivity index is 2.84. The van der Waals surface area contributed by atoms with Crippen LogP contribution in [-0.2, 0) is 14.3 Å². The largest absolute Gasteiger partial charge is 0.479 e. The number of carboxylic acids is 1. The van der Waals surface area contributed by atoms with Gasteiger partial charge in [-0.3, -0.25) is 0 Å². The lowest BCUT2D eigenvalue weighted by Crippen LogP contribution is -2.61. The third-order valence-corrected chi connectivity index (χ3v) is 2.24. The molecule has 0 saturated carbocycles. The van der Waals surface area contributed by atoms with Gasteiger partial charge in [-0.2, -0.15) is 0 Å². The second kappa shape index (κ2) is 5.07. The first kappa shape index (κ1) is 13.3. The van der Waals surface area contributed by atoms with Crippen LogP contribution in [-0.4, -0.2) is 63.2 Å². The quantitative estimate of drug-likeness (QED) is 0.461. The van der Waals surface area contributed by atoms with E-state index in [-0.39, 0.29) is 6.10 Å². The van der Waals surface area contributed by atoms with E-state index >= 15 is 0 Å². The van der Waals surface area contributed by atoms with Crippen LogP contribution in [0.15, 0.2) is 0 Å². The Morgan fingerprint density at radius 3 is 2.25 bits per heavy atom. The summed E-state index contributed by atoms with van der Waals surface area (Å²) in [6, 6.07) is 0. The second-order valence-corrected chi connectivity index (χ2v) is 3.92. The van der Waals surface area contributed by atoms with Crippen molar-refractivity contribution in [1.29, 1.82) is 0 Å². The average molecular weight is 236 g/mol. The van der Waals surface area contributed by atoms with Crippen molar-refractivity contribution in [3.63, 3.8) is 0 Å². The highest BCUT2D eigenvalue weighted by Gasteiger charge is 2.48. The van der Waals surface area contributed by atoms with Gasteiger partial charge in [-0.15, -0.1) is 0 Å². The van der Waals surface area contributed by atoms with Crippen molar-refractivity contribution in [2.45, 2.75) is 50.7 Å². The van der Waals surface area contributed by atoms with Gasteiger partial charge in [0.15, 0.2) is 12.4 Å². The van der Waals surface area contributed by atoms with Crippen LogP contribution in [0.2, 0.25) is 0 Å². The molecular formula is C9H16O7. The van der Waals surface area contributed by atoms with Crippen molar-refractivity contribution >= 4 is 5.97 Å². The molecule has 94 valence electrons. The molecule has 1 rings (SSSR count). The summed E-state index contributed by atoms with van der Waals surface area (Å²) in [5.74, 6) is -1.37. The maximum absolute atomic E-state index is 10.8. The molecule has 7 nitrogen and oxygen atoms in total. The summed E-state index contributed by atoms with van der Waals surface area (Å²) in [4.78, 5) is 10.8. The number of ether oxygens (including phenoxy) is 2. The van der Waals surface area contributed by atoms with Crippen LogP contribution < -0.4 is 0 Å². The van der Waals surface area contributed by atoms with Crippen LogP contribution >= 0.6 is 0 Å². The standard InChI is InChI=1S/C9H16O7/c1-3(2)15-6-4(10)5(11)9(14)16-7(6)8(12)13/h3-7,9-11,14H,1-2H3,(H,12,13)/t4-,5?,6+,7?,9-/m1/s1. The van der Waals surface area contributed by atoms with Crippen molar-refractivity contribution < 1.29 is 34.7 Å². The average Bonchev–Trinajstić information content (AvgIpc) is 2.17. The number of carboxylic acid groups (broad SMARTS) is 1. The van der Waals surface area contributed by atoms with Gasteiger partial charge in [0.25, 0.3) is 0 Å². The maximum atomic E-state index is 10.8. The molecule has 2 unspecified atom stereocenters. The first-order chi connectivity index (χ1) is 7.34. The van der Waals surface area contributed by atoms with Gasteiger partial charge < -0.3 is 29.9 Å². The smallest absolute Gasteiger partial charge is 0.335 e. The van der Waals surface area contributed by atoms with E-state index in [2.05, 4.69) is 4.74 Å². The first-order valence-corrected chi connectivity index (χ1v) is 4.92. The number of hydrogen-bond donors (Lipinski definition) is 4. The van der Waals surface area contributed by atoms with Gasteiger partial charge in [-0.05, 0) is 13.8 Å². The topological polar surface area (TPSA) is 116 Å². The minimum Gasteiger partial charge on any atom is -0.479 e. The molecule has 0 aromatic heterocycles. The van der Waals surface area contributed by atoms with Crippen LogP contribution in [0.25, 0.3) is 0 Å². The zero-order valence-electron chi connectivity index (χ0n) is 8.98. The minimum atomic E-state index is -1.73. The molecule has 1 aliphatic rings. The fraction of sp³-hybridized carbons (Fsp3) is 0.889. The number of aliphatic hydroxyl groups is 3. The molecule has 1 saturated heterocycles. The summed E-state index contributed by atoms with van der Waals surface area (Å²) in [7, 11) is 0. The highest BCUT2D eigenvalue weighted by atomic mass is 16.7. The van der Waals surface area contributed by atoms with Gasteiger partial charge in [0.2, 0.25) is 0 Å². The highest BCUT2D eigenvalue weighted by Crippen LogP contribution is 2.23. The lowest BCUT2D eigenvalue weighted by atomic mass is 9.98. The molecule has 1 heterocycles. The van der Waals surface area contributed by atoms with Gasteiger partial charge in [-0.25, -0.2) is 4.79 Å². The number of carbonyl (C=O) groups is 1. The fourth-order valence-electron chi connectivity index (χ4n) is 1.52. The molecule has 5 atom stereocenters. The summed E-state index contributed by atoms with van der Waals surface area (Å²) in [5, 5.41) is 36.9. The molecule has 7 heteroatoms. The van der Waals surface area contributed by atoms with Crippen molar-refractivity contribution in [2.75, 3.05) is 0 Å². The van der Waals surface area contributed by atoms with E-state index in [1.54, 1.807) is 13.8 Å². The van der Waals surface area contributed by atoms with Gasteiger partial charge in [-0.1, -0.05) is 0 Å². The molecule has 0 spiro atoms. The predicted molar refractivity (Wildman–Crippen MR) is 50.5 cm³/mol. The molecular weight excluding hydrogens is 220 g/mol. The lowest BCUT2D eigenvalue weighted by molar-refractivity contribution is -0.291. The van der Waals surface area contributed by atoms with Crippen LogP contribution in [0.4, 0.5) is 0 Å². The summed E-state index contributed by atoms with van der Waals surface area (Å²) >= 11 is 0. The second-order valence-electron chi connectivity index (χ2n) is 3.92. The van der Waals surface area contributed by atoms with E-state index in [0.717, 1.165) is 0 Å². The summed E-state index contributed by atoms with van der Waals surface area (Å²) in [5.41, 5.74) is 0. The Morgan fingerprint density at radius 1 is 1.25 bits per heavy atom. The minimum absolute atomic E-state index is 0.340. The van der Waals surface area contributed by atoms with Crippen LogP contribution in [0.5, 0.6) is 0 Å². The molecule has 0 radical (unpaired) electrons. The van der Waals surface area contributed by atoms with E-state index in [9.17, 15) is 15.0 Å². The van der Waals surface area contributed by atoms with E-state index in [1.807, 2.05) is 0 Å². The molecule has 1 fully saturated rings. The van der Waals surface area contributed by atoms with Crippen LogP contribution in [0.3, 0.4) is 0 Å². The van der Waals surface area contributed by atoms with E-state index in [1.165, 1.54) is 0 Å². The first-order valence-electron chi connectivity index (χ1n) is 4.92. The SMILES string of the molecule is CC(C)O[C@@H]1C(C(=O)O)O[C@@H](O)C(O)[C@H]1O. The molecule has 0 bridgehead atoms. The van der Waals surface area contributed by atoms with Gasteiger partial charge in [0.1, 0.15) is 18.3 Å². The third-order valence-electron chi connectivity index (χ3n) is 2.24. The fourth-order valence-corrected chi connectivity index (χ4v) is 1.52. The lowest BCUT2D eigenvalue weighted by Gasteiger charge is -2.39. The molecule has 4 N–H and O–H groups in total. The van der Waals surface area contributed by atoms with Gasteiger partial charge in [0, 0.05) is 0 Å². The predicted octanol–water partition coefficient (Wildman–Crippen LogP) is -1.70. The van der Waals surface area contributed by atoms with Crippen LogP contribution in [0.1, 0.15) is 13.8 Å². The highest BCUT2D eigenvalue weighted by molar-refractivity contribution is 5.73. The monoisotopic (exact) mass is 236 g/mol.